The van der Waals surface area contributed by atoms with E-state index in [0.717, 1.165) is 67.8 Å². The molecule has 1 unspecified atom stereocenters. The molecule has 1 aliphatic heterocycles. The second-order valence-electron chi connectivity index (χ2n) is 7.56. The normalized spacial score (nSPS) is 16.2. The number of aromatic nitrogens is 2. The largest absolute Gasteiger partial charge is 0.469 e. The van der Waals surface area contributed by atoms with E-state index in [1.165, 1.54) is 0 Å². The van der Waals surface area contributed by atoms with Crippen molar-refractivity contribution in [3.8, 4) is 5.69 Å². The molecule has 0 amide bonds. The average Bonchev–Trinajstić information content (AvgIpc) is 3.53. The van der Waals surface area contributed by atoms with Crippen LogP contribution in [0.25, 0.3) is 5.69 Å². The number of nitrogens with one attached hydrogen (secondary N) is 2. The van der Waals surface area contributed by atoms with Crippen LogP contribution in [0.4, 0.5) is 0 Å². The highest BCUT2D eigenvalue weighted by Gasteiger charge is 2.16. The first-order valence-corrected chi connectivity index (χ1v) is 10.5. The Morgan fingerprint density at radius 3 is 2.84 bits per heavy atom. The van der Waals surface area contributed by atoms with Crippen molar-refractivity contribution >= 4 is 29.9 Å². The van der Waals surface area contributed by atoms with Gasteiger partial charge in [-0.15, -0.1) is 24.0 Å². The quantitative estimate of drug-likeness (QED) is 0.262. The first-order chi connectivity index (χ1) is 14.8. The Morgan fingerprint density at radius 1 is 1.19 bits per heavy atom. The van der Waals surface area contributed by atoms with Gasteiger partial charge in [0, 0.05) is 38.2 Å². The molecule has 1 saturated heterocycles. The Bertz CT molecular complexity index is 949. The third-order valence-corrected chi connectivity index (χ3v) is 5.19. The van der Waals surface area contributed by atoms with Crippen LogP contribution >= 0.6 is 24.0 Å². The summed E-state index contributed by atoms with van der Waals surface area (Å²) in [5.41, 5.74) is 3.17. The van der Waals surface area contributed by atoms with Crippen LogP contribution in [-0.2, 0) is 17.7 Å². The molecule has 0 saturated carbocycles. The fourth-order valence-electron chi connectivity index (χ4n) is 3.50. The van der Waals surface area contributed by atoms with Gasteiger partial charge in [-0.3, -0.25) is 0 Å². The van der Waals surface area contributed by atoms with Crippen molar-refractivity contribution in [2.24, 2.45) is 10.9 Å². The smallest absolute Gasteiger partial charge is 0.191 e. The Morgan fingerprint density at radius 2 is 2.10 bits per heavy atom. The van der Waals surface area contributed by atoms with Crippen LogP contribution in [0.2, 0.25) is 0 Å². The first kappa shape index (κ1) is 23.3. The van der Waals surface area contributed by atoms with Crippen molar-refractivity contribution in [1.29, 1.82) is 0 Å². The monoisotopic (exact) mass is 535 g/mol. The van der Waals surface area contributed by atoms with Crippen LogP contribution in [0.1, 0.15) is 23.4 Å². The Balaban J connectivity index is 0.00000272. The van der Waals surface area contributed by atoms with Crippen LogP contribution in [0.15, 0.2) is 64.3 Å². The number of hydrogen-bond donors (Lipinski definition) is 2. The highest BCUT2D eigenvalue weighted by atomic mass is 127. The molecule has 2 N–H and O–H groups in total. The van der Waals surface area contributed by atoms with Crippen LogP contribution < -0.4 is 10.6 Å². The summed E-state index contributed by atoms with van der Waals surface area (Å²) in [7, 11) is 0. The SMILES string of the molecule is Cc1ccn(-c2ccccc2CN=C(NCCc2ccco2)NCC2CCOC2)n1.I. The zero-order chi connectivity index (χ0) is 20.6. The van der Waals surface area contributed by atoms with E-state index >= 15 is 0 Å². The van der Waals surface area contributed by atoms with Crippen molar-refractivity contribution in [2.45, 2.75) is 26.3 Å². The van der Waals surface area contributed by atoms with Crippen molar-refractivity contribution in [2.75, 3.05) is 26.3 Å². The van der Waals surface area contributed by atoms with Crippen LogP contribution in [0.3, 0.4) is 0 Å². The molecule has 0 bridgehead atoms. The molecule has 31 heavy (non-hydrogen) atoms. The number of furan rings is 1. The Labute approximate surface area is 200 Å². The number of benzene rings is 1. The van der Waals surface area contributed by atoms with Gasteiger partial charge in [-0.25, -0.2) is 9.67 Å². The predicted molar refractivity (Wildman–Crippen MR) is 132 cm³/mol. The highest BCUT2D eigenvalue weighted by molar-refractivity contribution is 14.0. The molecule has 1 aromatic carbocycles. The maximum absolute atomic E-state index is 5.49. The van der Waals surface area contributed by atoms with Gasteiger partial charge >= 0.3 is 0 Å². The van der Waals surface area contributed by atoms with Crippen LogP contribution in [-0.4, -0.2) is 42.0 Å². The van der Waals surface area contributed by atoms with Crippen LogP contribution in [0.5, 0.6) is 0 Å². The minimum atomic E-state index is 0. The Kier molecular flexibility index (Phi) is 8.96. The molecular formula is C23H30IN5O2. The molecule has 166 valence electrons. The minimum Gasteiger partial charge on any atom is -0.469 e. The standard InChI is InChI=1S/C23H29N5O2.HI/c1-18-9-12-28(27-18)22-7-3-2-5-20(22)16-26-23(25-15-19-10-14-29-17-19)24-11-8-21-6-4-13-30-21;/h2-7,9,12-13,19H,8,10-11,14-17H2,1H3,(H2,24,25,26);1H. The molecule has 1 fully saturated rings. The summed E-state index contributed by atoms with van der Waals surface area (Å²) in [6, 6.07) is 14.2. The van der Waals surface area contributed by atoms with E-state index in [0.29, 0.717) is 12.5 Å². The average molecular weight is 535 g/mol. The number of halogens is 1. The van der Waals surface area contributed by atoms with Gasteiger partial charge in [0.05, 0.1) is 30.8 Å². The van der Waals surface area contributed by atoms with Crippen molar-refractivity contribution in [3.63, 3.8) is 0 Å². The maximum atomic E-state index is 5.49. The number of guanidine groups is 1. The number of aliphatic imine (C=N–C) groups is 1. The number of rotatable bonds is 8. The van der Waals surface area contributed by atoms with E-state index in [2.05, 4.69) is 27.9 Å². The zero-order valence-corrected chi connectivity index (χ0v) is 20.1. The second kappa shape index (κ2) is 11.9. The van der Waals surface area contributed by atoms with Gasteiger partial charge in [-0.05, 0) is 43.2 Å². The van der Waals surface area contributed by atoms with E-state index in [-0.39, 0.29) is 24.0 Å². The molecule has 0 aliphatic carbocycles. The molecule has 3 heterocycles. The lowest BCUT2D eigenvalue weighted by molar-refractivity contribution is 0.186. The summed E-state index contributed by atoms with van der Waals surface area (Å²) in [5.74, 6) is 2.30. The predicted octanol–water partition coefficient (Wildman–Crippen LogP) is 3.71. The number of nitrogens with zero attached hydrogens (tertiary/aromatic N) is 3. The van der Waals surface area contributed by atoms with Gasteiger partial charge in [0.1, 0.15) is 5.76 Å². The molecule has 1 atom stereocenters. The summed E-state index contributed by atoms with van der Waals surface area (Å²) in [6.07, 6.45) is 5.59. The summed E-state index contributed by atoms with van der Waals surface area (Å²) in [6.45, 7) is 5.82. The molecule has 0 spiro atoms. The molecule has 1 aliphatic rings. The lowest BCUT2D eigenvalue weighted by Crippen LogP contribution is -2.41. The minimum absolute atomic E-state index is 0. The third-order valence-electron chi connectivity index (χ3n) is 5.19. The van der Waals surface area contributed by atoms with Crippen molar-refractivity contribution < 1.29 is 9.15 Å². The molecule has 2 aromatic heterocycles. The molecule has 3 aromatic rings. The maximum Gasteiger partial charge on any atom is 0.191 e. The van der Waals surface area contributed by atoms with E-state index in [9.17, 15) is 0 Å². The Hall–Kier alpha value is -2.33. The lowest BCUT2D eigenvalue weighted by atomic mass is 10.1. The van der Waals surface area contributed by atoms with Crippen molar-refractivity contribution in [3.05, 3.63) is 71.9 Å². The first-order valence-electron chi connectivity index (χ1n) is 10.5. The molecule has 0 radical (unpaired) electrons. The van der Waals surface area contributed by atoms with E-state index in [1.54, 1.807) is 6.26 Å². The fraction of sp³-hybridized carbons (Fsp3) is 0.391. The van der Waals surface area contributed by atoms with E-state index in [4.69, 9.17) is 14.1 Å². The summed E-state index contributed by atoms with van der Waals surface area (Å²) >= 11 is 0. The second-order valence-corrected chi connectivity index (χ2v) is 7.56. The highest BCUT2D eigenvalue weighted by Crippen LogP contribution is 2.15. The van der Waals surface area contributed by atoms with E-state index in [1.807, 2.05) is 48.1 Å². The van der Waals surface area contributed by atoms with Gasteiger partial charge in [0.25, 0.3) is 0 Å². The fourth-order valence-corrected chi connectivity index (χ4v) is 3.50. The summed E-state index contributed by atoms with van der Waals surface area (Å²) in [5, 5.41) is 11.5. The van der Waals surface area contributed by atoms with Gasteiger partial charge in [-0.1, -0.05) is 18.2 Å². The van der Waals surface area contributed by atoms with Crippen molar-refractivity contribution in [1.82, 2.24) is 20.4 Å². The van der Waals surface area contributed by atoms with Gasteiger partial charge in [0.15, 0.2) is 5.96 Å². The molecule has 4 rings (SSSR count). The summed E-state index contributed by atoms with van der Waals surface area (Å²) in [4.78, 5) is 4.85. The van der Waals surface area contributed by atoms with Gasteiger partial charge < -0.3 is 19.8 Å². The number of ether oxygens (including phenoxy) is 1. The lowest BCUT2D eigenvalue weighted by Gasteiger charge is -2.15. The number of hydrogen-bond acceptors (Lipinski definition) is 4. The van der Waals surface area contributed by atoms with Crippen LogP contribution in [0, 0.1) is 12.8 Å². The number of aryl methyl sites for hydroxylation is 1. The summed E-state index contributed by atoms with van der Waals surface area (Å²) < 4.78 is 12.8. The van der Waals surface area contributed by atoms with Gasteiger partial charge in [-0.2, -0.15) is 5.10 Å². The molecule has 8 heteroatoms. The molecular weight excluding hydrogens is 505 g/mol. The number of para-hydroxylation sites is 1. The molecule has 7 nitrogen and oxygen atoms in total. The third kappa shape index (κ3) is 6.83. The van der Waals surface area contributed by atoms with E-state index < -0.39 is 0 Å². The van der Waals surface area contributed by atoms with Gasteiger partial charge in [0.2, 0.25) is 0 Å². The zero-order valence-electron chi connectivity index (χ0n) is 17.8. The topological polar surface area (TPSA) is 76.6 Å².